The van der Waals surface area contributed by atoms with Crippen LogP contribution < -0.4 is 19.7 Å². The SMILES string of the molecule is C=CCc1cc(C(=O)Nc2ccc(N3CCN(C)CC3)nc2)cc(OC)c1OC. The molecule has 7 nitrogen and oxygen atoms in total. The number of pyridine rings is 1. The predicted octanol–water partition coefficient (Wildman–Crippen LogP) is 2.83. The molecule has 0 unspecified atom stereocenters. The highest BCUT2D eigenvalue weighted by Crippen LogP contribution is 2.33. The van der Waals surface area contributed by atoms with E-state index in [1.807, 2.05) is 12.1 Å². The fourth-order valence-electron chi connectivity index (χ4n) is 3.37. The molecule has 29 heavy (non-hydrogen) atoms. The summed E-state index contributed by atoms with van der Waals surface area (Å²) in [5.41, 5.74) is 1.98. The highest BCUT2D eigenvalue weighted by atomic mass is 16.5. The number of amides is 1. The number of hydrogen-bond acceptors (Lipinski definition) is 6. The lowest BCUT2D eigenvalue weighted by Gasteiger charge is -2.33. The molecule has 0 bridgehead atoms. The van der Waals surface area contributed by atoms with Crippen LogP contribution in [-0.2, 0) is 6.42 Å². The Kier molecular flexibility index (Phi) is 6.72. The number of anilines is 2. The number of nitrogens with zero attached hydrogens (tertiary/aromatic N) is 3. The van der Waals surface area contributed by atoms with Gasteiger partial charge in [0.25, 0.3) is 5.91 Å². The molecule has 1 N–H and O–H groups in total. The van der Waals surface area contributed by atoms with E-state index in [1.54, 1.807) is 38.6 Å². The number of piperazine rings is 1. The van der Waals surface area contributed by atoms with Crippen molar-refractivity contribution in [1.82, 2.24) is 9.88 Å². The van der Waals surface area contributed by atoms with Crippen LogP contribution in [0.1, 0.15) is 15.9 Å². The molecule has 3 rings (SSSR count). The van der Waals surface area contributed by atoms with Gasteiger partial charge in [-0.2, -0.15) is 0 Å². The molecule has 0 spiro atoms. The lowest BCUT2D eigenvalue weighted by Crippen LogP contribution is -2.44. The number of benzene rings is 1. The van der Waals surface area contributed by atoms with Gasteiger partial charge in [-0.15, -0.1) is 6.58 Å². The monoisotopic (exact) mass is 396 g/mol. The number of hydrogen-bond donors (Lipinski definition) is 1. The maximum atomic E-state index is 12.8. The highest BCUT2D eigenvalue weighted by Gasteiger charge is 2.17. The van der Waals surface area contributed by atoms with Crippen molar-refractivity contribution in [3.8, 4) is 11.5 Å². The topological polar surface area (TPSA) is 66.9 Å². The van der Waals surface area contributed by atoms with Gasteiger partial charge in [-0.25, -0.2) is 4.98 Å². The molecule has 0 aliphatic carbocycles. The van der Waals surface area contributed by atoms with Crippen LogP contribution in [0.15, 0.2) is 43.1 Å². The van der Waals surface area contributed by atoms with Crippen molar-refractivity contribution in [1.29, 1.82) is 0 Å². The first-order valence-corrected chi connectivity index (χ1v) is 9.62. The zero-order valence-corrected chi connectivity index (χ0v) is 17.3. The second kappa shape index (κ2) is 9.43. The second-order valence-electron chi connectivity index (χ2n) is 7.01. The number of ether oxygens (including phenoxy) is 2. The molecule has 1 aromatic carbocycles. The summed E-state index contributed by atoms with van der Waals surface area (Å²) in [5.74, 6) is 1.82. The molecule has 154 valence electrons. The van der Waals surface area contributed by atoms with Crippen LogP contribution in [0.5, 0.6) is 11.5 Å². The zero-order chi connectivity index (χ0) is 20.8. The number of methoxy groups -OCH3 is 2. The van der Waals surface area contributed by atoms with Crippen LogP contribution in [-0.4, -0.2) is 63.2 Å². The molecule has 1 saturated heterocycles. The smallest absolute Gasteiger partial charge is 0.255 e. The number of aromatic nitrogens is 1. The van der Waals surface area contributed by atoms with Crippen LogP contribution in [0, 0.1) is 0 Å². The van der Waals surface area contributed by atoms with E-state index in [2.05, 4.69) is 33.7 Å². The van der Waals surface area contributed by atoms with E-state index in [1.165, 1.54) is 0 Å². The third-order valence-electron chi connectivity index (χ3n) is 5.02. The summed E-state index contributed by atoms with van der Waals surface area (Å²) in [6.45, 7) is 7.71. The molecule has 1 amide bonds. The number of allylic oxidation sites excluding steroid dienone is 1. The molecule has 1 fully saturated rings. The van der Waals surface area contributed by atoms with Gasteiger partial charge >= 0.3 is 0 Å². The number of carbonyl (C=O) groups is 1. The predicted molar refractivity (Wildman–Crippen MR) is 115 cm³/mol. The molecule has 0 radical (unpaired) electrons. The van der Waals surface area contributed by atoms with Crippen molar-refractivity contribution >= 4 is 17.4 Å². The molecule has 1 aliphatic rings. The van der Waals surface area contributed by atoms with Gasteiger partial charge in [0.2, 0.25) is 0 Å². The van der Waals surface area contributed by atoms with E-state index in [0.717, 1.165) is 37.6 Å². The molecule has 2 heterocycles. The minimum atomic E-state index is -0.231. The van der Waals surface area contributed by atoms with Crippen LogP contribution in [0.2, 0.25) is 0 Å². The average Bonchev–Trinajstić information content (AvgIpc) is 2.74. The second-order valence-corrected chi connectivity index (χ2v) is 7.01. The Morgan fingerprint density at radius 2 is 1.97 bits per heavy atom. The summed E-state index contributed by atoms with van der Waals surface area (Å²) >= 11 is 0. The molecule has 0 saturated carbocycles. The van der Waals surface area contributed by atoms with Crippen molar-refractivity contribution in [3.63, 3.8) is 0 Å². The van der Waals surface area contributed by atoms with E-state index in [0.29, 0.717) is 29.2 Å². The van der Waals surface area contributed by atoms with Gasteiger partial charge in [-0.05, 0) is 37.7 Å². The Bertz CT molecular complexity index is 859. The molecule has 7 heteroatoms. The van der Waals surface area contributed by atoms with Gasteiger partial charge in [0.05, 0.1) is 26.1 Å². The largest absolute Gasteiger partial charge is 0.493 e. The van der Waals surface area contributed by atoms with Crippen molar-refractivity contribution < 1.29 is 14.3 Å². The Labute approximate surface area is 171 Å². The standard InChI is InChI=1S/C22H28N4O3/c1-5-6-16-13-17(14-19(28-3)21(16)29-4)22(27)24-18-7-8-20(23-15-18)26-11-9-25(2)10-12-26/h5,7-8,13-15H,1,6,9-12H2,2-4H3,(H,24,27). The molecule has 2 aromatic rings. The van der Waals surface area contributed by atoms with Gasteiger partial charge in [-0.3, -0.25) is 4.79 Å². The van der Waals surface area contributed by atoms with E-state index in [9.17, 15) is 4.79 Å². The molecule has 0 atom stereocenters. The summed E-state index contributed by atoms with van der Waals surface area (Å²) in [6.07, 6.45) is 4.03. The first-order valence-electron chi connectivity index (χ1n) is 9.62. The number of nitrogens with one attached hydrogen (secondary N) is 1. The lowest BCUT2D eigenvalue weighted by atomic mass is 10.0. The quantitative estimate of drug-likeness (QED) is 0.726. The van der Waals surface area contributed by atoms with Gasteiger partial charge in [-0.1, -0.05) is 6.08 Å². The van der Waals surface area contributed by atoms with Crippen LogP contribution in [0.4, 0.5) is 11.5 Å². The van der Waals surface area contributed by atoms with Crippen LogP contribution in [0.3, 0.4) is 0 Å². The maximum Gasteiger partial charge on any atom is 0.255 e. The van der Waals surface area contributed by atoms with Gasteiger partial charge in [0.15, 0.2) is 11.5 Å². The zero-order valence-electron chi connectivity index (χ0n) is 17.3. The molecule has 1 aliphatic heterocycles. The number of carbonyl (C=O) groups excluding carboxylic acids is 1. The highest BCUT2D eigenvalue weighted by molar-refractivity contribution is 6.04. The molecule has 1 aromatic heterocycles. The van der Waals surface area contributed by atoms with Crippen molar-refractivity contribution in [2.45, 2.75) is 6.42 Å². The van der Waals surface area contributed by atoms with Gasteiger partial charge in [0, 0.05) is 37.3 Å². The first kappa shape index (κ1) is 20.7. The normalized spacial score (nSPS) is 14.4. The third kappa shape index (κ3) is 4.86. The van der Waals surface area contributed by atoms with Crippen molar-refractivity contribution in [3.05, 3.63) is 54.2 Å². The minimum absolute atomic E-state index is 0.231. The Hall–Kier alpha value is -3.06. The molecular formula is C22H28N4O3. The number of rotatable bonds is 7. The Morgan fingerprint density at radius 3 is 2.55 bits per heavy atom. The van der Waals surface area contributed by atoms with Crippen molar-refractivity contribution in [2.24, 2.45) is 0 Å². The van der Waals surface area contributed by atoms with Gasteiger partial charge < -0.3 is 24.6 Å². The maximum absolute atomic E-state index is 12.8. The van der Waals surface area contributed by atoms with E-state index < -0.39 is 0 Å². The van der Waals surface area contributed by atoms with Gasteiger partial charge in [0.1, 0.15) is 5.82 Å². The Morgan fingerprint density at radius 1 is 1.21 bits per heavy atom. The summed E-state index contributed by atoms with van der Waals surface area (Å²) in [7, 11) is 5.26. The summed E-state index contributed by atoms with van der Waals surface area (Å²) < 4.78 is 10.8. The molecular weight excluding hydrogens is 368 g/mol. The third-order valence-corrected chi connectivity index (χ3v) is 5.02. The lowest BCUT2D eigenvalue weighted by molar-refractivity contribution is 0.102. The Balaban J connectivity index is 1.74. The fraction of sp³-hybridized carbons (Fsp3) is 0.364. The van der Waals surface area contributed by atoms with E-state index in [4.69, 9.17) is 9.47 Å². The van der Waals surface area contributed by atoms with Crippen molar-refractivity contribution in [2.75, 3.05) is 57.7 Å². The summed E-state index contributed by atoms with van der Waals surface area (Å²) in [4.78, 5) is 21.9. The van der Waals surface area contributed by atoms with E-state index in [-0.39, 0.29) is 5.91 Å². The summed E-state index contributed by atoms with van der Waals surface area (Å²) in [6, 6.07) is 7.29. The number of likely N-dealkylation sites (N-methyl/N-ethyl adjacent to an activating group) is 1. The average molecular weight is 396 g/mol. The van der Waals surface area contributed by atoms with Crippen LogP contribution >= 0.6 is 0 Å². The fourth-order valence-corrected chi connectivity index (χ4v) is 3.37. The first-order chi connectivity index (χ1) is 14.0. The van der Waals surface area contributed by atoms with Crippen LogP contribution in [0.25, 0.3) is 0 Å². The minimum Gasteiger partial charge on any atom is -0.493 e. The summed E-state index contributed by atoms with van der Waals surface area (Å²) in [5, 5.41) is 2.90. The van der Waals surface area contributed by atoms with E-state index >= 15 is 0 Å².